The molecular formula is C15H10ClN3O. The van der Waals surface area contributed by atoms with Crippen LogP contribution in [0.15, 0.2) is 55.0 Å². The lowest BCUT2D eigenvalue weighted by atomic mass is 10.1. The van der Waals surface area contributed by atoms with Gasteiger partial charge in [0.05, 0.1) is 0 Å². The number of amides is 1. The average molecular weight is 284 g/mol. The summed E-state index contributed by atoms with van der Waals surface area (Å²) in [5.41, 5.74) is 1.21. The summed E-state index contributed by atoms with van der Waals surface area (Å²) < 4.78 is 0. The number of aromatic nitrogens is 2. The predicted molar refractivity (Wildman–Crippen MR) is 78.9 cm³/mol. The standard InChI is InChI=1S/C15H10ClN3O/c16-14-8-10(4-7-18-14)15(20)19-13-3-1-2-11-9-17-6-5-12(11)13/h1-9H,(H,19,20). The first-order valence-electron chi connectivity index (χ1n) is 6.00. The van der Waals surface area contributed by atoms with Crippen LogP contribution >= 0.6 is 11.6 Å². The molecule has 1 N–H and O–H groups in total. The van der Waals surface area contributed by atoms with Crippen LogP contribution in [0.1, 0.15) is 10.4 Å². The molecule has 3 aromatic rings. The lowest BCUT2D eigenvalue weighted by molar-refractivity contribution is 0.102. The Morgan fingerprint density at radius 3 is 2.90 bits per heavy atom. The molecule has 1 amide bonds. The molecule has 20 heavy (non-hydrogen) atoms. The predicted octanol–water partition coefficient (Wildman–Crippen LogP) is 3.54. The quantitative estimate of drug-likeness (QED) is 0.732. The van der Waals surface area contributed by atoms with Crippen molar-refractivity contribution in [2.45, 2.75) is 0 Å². The van der Waals surface area contributed by atoms with Crippen LogP contribution in [0.25, 0.3) is 10.8 Å². The molecule has 2 heterocycles. The van der Waals surface area contributed by atoms with E-state index in [1.165, 1.54) is 12.3 Å². The van der Waals surface area contributed by atoms with Gasteiger partial charge in [0.25, 0.3) is 5.91 Å². The molecule has 0 fully saturated rings. The number of hydrogen-bond acceptors (Lipinski definition) is 3. The number of anilines is 1. The molecule has 3 rings (SSSR count). The fraction of sp³-hybridized carbons (Fsp3) is 0. The minimum Gasteiger partial charge on any atom is -0.321 e. The number of halogens is 1. The first-order chi connectivity index (χ1) is 9.74. The van der Waals surface area contributed by atoms with Crippen molar-refractivity contribution < 1.29 is 4.79 Å². The second-order valence-corrected chi connectivity index (χ2v) is 4.61. The molecular weight excluding hydrogens is 274 g/mol. The van der Waals surface area contributed by atoms with Gasteiger partial charge in [0.1, 0.15) is 5.15 Å². The van der Waals surface area contributed by atoms with Gasteiger partial charge >= 0.3 is 0 Å². The van der Waals surface area contributed by atoms with E-state index in [4.69, 9.17) is 11.6 Å². The zero-order chi connectivity index (χ0) is 13.9. The number of carbonyl (C=O) groups is 1. The Balaban J connectivity index is 1.95. The van der Waals surface area contributed by atoms with Crippen LogP contribution in [-0.2, 0) is 0 Å². The second kappa shape index (κ2) is 5.27. The van der Waals surface area contributed by atoms with E-state index < -0.39 is 0 Å². The summed E-state index contributed by atoms with van der Waals surface area (Å²) in [5, 5.41) is 5.08. The molecule has 0 atom stereocenters. The Hall–Kier alpha value is -2.46. The van der Waals surface area contributed by atoms with E-state index in [2.05, 4.69) is 15.3 Å². The summed E-state index contributed by atoms with van der Waals surface area (Å²) in [6, 6.07) is 10.7. The number of hydrogen-bond donors (Lipinski definition) is 1. The van der Waals surface area contributed by atoms with E-state index in [1.807, 2.05) is 24.3 Å². The monoisotopic (exact) mass is 283 g/mol. The minimum atomic E-state index is -0.224. The first-order valence-corrected chi connectivity index (χ1v) is 6.37. The fourth-order valence-corrected chi connectivity index (χ4v) is 2.14. The molecule has 1 aromatic carbocycles. The number of fused-ring (bicyclic) bond motifs is 1. The molecule has 0 saturated heterocycles. The summed E-state index contributed by atoms with van der Waals surface area (Å²) in [5.74, 6) is -0.224. The van der Waals surface area contributed by atoms with Crippen molar-refractivity contribution in [1.82, 2.24) is 9.97 Å². The maximum Gasteiger partial charge on any atom is 0.255 e. The van der Waals surface area contributed by atoms with E-state index in [0.29, 0.717) is 10.7 Å². The molecule has 2 aromatic heterocycles. The van der Waals surface area contributed by atoms with Gasteiger partial charge in [-0.15, -0.1) is 0 Å². The van der Waals surface area contributed by atoms with Crippen molar-refractivity contribution in [2.24, 2.45) is 0 Å². The van der Waals surface area contributed by atoms with Crippen molar-refractivity contribution in [2.75, 3.05) is 5.32 Å². The van der Waals surface area contributed by atoms with Crippen LogP contribution in [0, 0.1) is 0 Å². The van der Waals surface area contributed by atoms with Crippen LogP contribution in [0.2, 0.25) is 5.15 Å². The summed E-state index contributed by atoms with van der Waals surface area (Å²) in [7, 11) is 0. The van der Waals surface area contributed by atoms with Crippen molar-refractivity contribution in [3.8, 4) is 0 Å². The van der Waals surface area contributed by atoms with E-state index in [-0.39, 0.29) is 5.91 Å². The van der Waals surface area contributed by atoms with Crippen LogP contribution in [0.5, 0.6) is 0 Å². The maximum atomic E-state index is 12.2. The van der Waals surface area contributed by atoms with Gasteiger partial charge in [-0.25, -0.2) is 4.98 Å². The summed E-state index contributed by atoms with van der Waals surface area (Å²) in [4.78, 5) is 20.1. The largest absolute Gasteiger partial charge is 0.321 e. The molecule has 0 aliphatic carbocycles. The smallest absolute Gasteiger partial charge is 0.255 e. The van der Waals surface area contributed by atoms with Crippen LogP contribution in [-0.4, -0.2) is 15.9 Å². The fourth-order valence-electron chi connectivity index (χ4n) is 1.97. The molecule has 98 valence electrons. The molecule has 0 radical (unpaired) electrons. The van der Waals surface area contributed by atoms with Gasteiger partial charge in [-0.2, -0.15) is 0 Å². The van der Waals surface area contributed by atoms with Gasteiger partial charge in [-0.05, 0) is 24.3 Å². The third-order valence-corrected chi connectivity index (χ3v) is 3.12. The minimum absolute atomic E-state index is 0.224. The van der Waals surface area contributed by atoms with Gasteiger partial charge in [-0.1, -0.05) is 23.7 Å². The maximum absolute atomic E-state index is 12.2. The average Bonchev–Trinajstić information content (AvgIpc) is 2.47. The third kappa shape index (κ3) is 2.46. The Morgan fingerprint density at radius 2 is 2.05 bits per heavy atom. The third-order valence-electron chi connectivity index (χ3n) is 2.92. The molecule has 0 bridgehead atoms. The molecule has 5 heteroatoms. The molecule has 0 aliphatic heterocycles. The molecule has 4 nitrogen and oxygen atoms in total. The molecule has 0 spiro atoms. The molecule has 0 unspecified atom stereocenters. The number of nitrogens with zero attached hydrogens (tertiary/aromatic N) is 2. The van der Waals surface area contributed by atoms with Crippen molar-refractivity contribution in [3.63, 3.8) is 0 Å². The summed E-state index contributed by atoms with van der Waals surface area (Å²) >= 11 is 5.79. The van der Waals surface area contributed by atoms with Gasteiger partial charge < -0.3 is 5.32 Å². The lowest BCUT2D eigenvalue weighted by Gasteiger charge is -2.08. The van der Waals surface area contributed by atoms with Crippen LogP contribution in [0.4, 0.5) is 5.69 Å². The van der Waals surface area contributed by atoms with Gasteiger partial charge in [0.2, 0.25) is 0 Å². The number of nitrogens with one attached hydrogen (secondary N) is 1. The number of pyridine rings is 2. The number of carbonyl (C=O) groups excluding carboxylic acids is 1. The zero-order valence-corrected chi connectivity index (χ0v) is 11.1. The summed E-state index contributed by atoms with van der Waals surface area (Å²) in [6.45, 7) is 0. The van der Waals surface area contributed by atoms with E-state index in [0.717, 1.165) is 16.5 Å². The lowest BCUT2D eigenvalue weighted by Crippen LogP contribution is -2.12. The van der Waals surface area contributed by atoms with Crippen molar-refractivity contribution in [1.29, 1.82) is 0 Å². The molecule has 0 saturated carbocycles. The zero-order valence-electron chi connectivity index (χ0n) is 10.4. The Labute approximate surface area is 120 Å². The second-order valence-electron chi connectivity index (χ2n) is 4.22. The van der Waals surface area contributed by atoms with E-state index >= 15 is 0 Å². The normalized spacial score (nSPS) is 10.4. The van der Waals surface area contributed by atoms with E-state index in [1.54, 1.807) is 18.5 Å². The highest BCUT2D eigenvalue weighted by Crippen LogP contribution is 2.22. The Bertz CT molecular complexity index is 783. The van der Waals surface area contributed by atoms with Crippen LogP contribution < -0.4 is 5.32 Å². The van der Waals surface area contributed by atoms with Crippen molar-refractivity contribution >= 4 is 34.0 Å². The van der Waals surface area contributed by atoms with Gasteiger partial charge in [-0.3, -0.25) is 9.78 Å². The topological polar surface area (TPSA) is 54.9 Å². The Kier molecular flexibility index (Phi) is 3.31. The summed E-state index contributed by atoms with van der Waals surface area (Å²) in [6.07, 6.45) is 4.96. The SMILES string of the molecule is O=C(Nc1cccc2cnccc12)c1ccnc(Cl)c1. The van der Waals surface area contributed by atoms with E-state index in [9.17, 15) is 4.79 Å². The first kappa shape index (κ1) is 12.6. The Morgan fingerprint density at radius 1 is 1.15 bits per heavy atom. The van der Waals surface area contributed by atoms with Gasteiger partial charge in [0.15, 0.2) is 0 Å². The highest BCUT2D eigenvalue weighted by molar-refractivity contribution is 6.29. The molecule has 0 aliphatic rings. The highest BCUT2D eigenvalue weighted by Gasteiger charge is 2.08. The number of benzene rings is 1. The van der Waals surface area contributed by atoms with Crippen LogP contribution in [0.3, 0.4) is 0 Å². The highest BCUT2D eigenvalue weighted by atomic mass is 35.5. The van der Waals surface area contributed by atoms with Crippen molar-refractivity contribution in [3.05, 3.63) is 65.7 Å². The van der Waals surface area contributed by atoms with Gasteiger partial charge in [0, 0.05) is 40.6 Å². The number of rotatable bonds is 2.